The first-order valence-corrected chi connectivity index (χ1v) is 20.5. The van der Waals surface area contributed by atoms with E-state index in [2.05, 4.69) is 256 Å². The molecule has 8 aromatic carbocycles. The van der Waals surface area contributed by atoms with E-state index < -0.39 is 0 Å². The lowest BCUT2D eigenvalue weighted by Gasteiger charge is -2.25. The van der Waals surface area contributed by atoms with Crippen molar-refractivity contribution in [3.05, 3.63) is 245 Å². The van der Waals surface area contributed by atoms with Crippen molar-refractivity contribution in [2.24, 2.45) is 0 Å². The molecule has 0 radical (unpaired) electrons. The highest BCUT2D eigenvalue weighted by Crippen LogP contribution is 2.36. The van der Waals surface area contributed by atoms with Gasteiger partial charge in [0, 0.05) is 34.1 Å². The normalized spacial score (nSPS) is 11.3. The number of allylic oxidation sites excluding steroid dienone is 1. The summed E-state index contributed by atoms with van der Waals surface area (Å²) in [6, 6.07) is 70.2. The van der Waals surface area contributed by atoms with Crippen molar-refractivity contribution in [2.75, 3.05) is 9.80 Å². The van der Waals surface area contributed by atoms with E-state index in [1.54, 1.807) is 0 Å². The van der Waals surface area contributed by atoms with Gasteiger partial charge in [-0.2, -0.15) is 0 Å². The highest BCUT2D eigenvalue weighted by atomic mass is 15.1. The molecule has 0 aromatic heterocycles. The second kappa shape index (κ2) is 18.0. The van der Waals surface area contributed by atoms with Gasteiger partial charge in [-0.15, -0.1) is 0 Å². The lowest BCUT2D eigenvalue weighted by atomic mass is 10.0. The smallest absolute Gasteiger partial charge is 0.0462 e. The van der Waals surface area contributed by atoms with Gasteiger partial charge in [0.25, 0.3) is 0 Å². The molecule has 2 heteroatoms. The molecule has 0 aliphatic heterocycles. The summed E-state index contributed by atoms with van der Waals surface area (Å²) in [6.07, 6.45) is 9.71. The number of benzene rings is 8. The summed E-state index contributed by atoms with van der Waals surface area (Å²) in [5, 5.41) is 0. The molecule has 0 amide bonds. The van der Waals surface area contributed by atoms with Gasteiger partial charge >= 0.3 is 0 Å². The molecule has 59 heavy (non-hydrogen) atoms. The summed E-state index contributed by atoms with van der Waals surface area (Å²) >= 11 is 0. The van der Waals surface area contributed by atoms with Crippen LogP contribution in [0.5, 0.6) is 0 Å². The number of hydrogen-bond acceptors (Lipinski definition) is 2. The second-order valence-corrected chi connectivity index (χ2v) is 15.5. The molecule has 0 saturated heterocycles. The molecule has 0 aliphatic carbocycles. The van der Waals surface area contributed by atoms with Crippen LogP contribution in [-0.4, -0.2) is 0 Å². The molecule has 0 heterocycles. The van der Waals surface area contributed by atoms with Gasteiger partial charge in [0.15, 0.2) is 0 Å². The van der Waals surface area contributed by atoms with E-state index in [9.17, 15) is 0 Å². The third kappa shape index (κ3) is 9.70. The maximum Gasteiger partial charge on any atom is 0.0462 e. The molecule has 0 bridgehead atoms. The Balaban J connectivity index is 0.880. The van der Waals surface area contributed by atoms with E-state index in [0.717, 1.165) is 46.1 Å². The third-order valence-corrected chi connectivity index (χ3v) is 10.8. The monoisotopic (exact) mass is 762 g/mol. The Labute approximate surface area is 350 Å². The molecular formula is C57H50N2. The van der Waals surface area contributed by atoms with Gasteiger partial charge < -0.3 is 9.80 Å². The standard InChI is InChI=1S/C57H50N2/c1-42-8-30-52(31-9-42)58(53-32-10-43(2)11-33-53)56-38-22-47(23-39-56)7-5-6-46-18-26-50(27-19-46)51-28-20-48(21-29-51)16-17-49-24-40-57(41-25-49)59(54-34-12-44(3)13-35-54)55-36-14-45(4)15-37-55/h5,7-41H,6H2,1-4H3. The summed E-state index contributed by atoms with van der Waals surface area (Å²) in [7, 11) is 0. The predicted octanol–water partition coefficient (Wildman–Crippen LogP) is 16.0. The van der Waals surface area contributed by atoms with Gasteiger partial charge in [-0.3, -0.25) is 0 Å². The van der Waals surface area contributed by atoms with E-state index in [4.69, 9.17) is 0 Å². The topological polar surface area (TPSA) is 6.48 Å². The molecule has 8 aromatic rings. The van der Waals surface area contributed by atoms with Gasteiger partial charge in [-0.25, -0.2) is 0 Å². The van der Waals surface area contributed by atoms with Crippen LogP contribution in [0.4, 0.5) is 34.1 Å². The molecule has 0 unspecified atom stereocenters. The Bertz CT molecular complexity index is 2540. The predicted molar refractivity (Wildman–Crippen MR) is 255 cm³/mol. The zero-order valence-electron chi connectivity index (χ0n) is 34.4. The molecule has 0 spiro atoms. The van der Waals surface area contributed by atoms with Crippen LogP contribution >= 0.6 is 0 Å². The summed E-state index contributed by atoms with van der Waals surface area (Å²) < 4.78 is 0. The molecule has 0 fully saturated rings. The fourth-order valence-electron chi connectivity index (χ4n) is 7.28. The summed E-state index contributed by atoms with van der Waals surface area (Å²) in [5.41, 5.74) is 19.1. The lowest BCUT2D eigenvalue weighted by molar-refractivity contribution is 1.26. The van der Waals surface area contributed by atoms with Crippen molar-refractivity contribution in [1.29, 1.82) is 0 Å². The first-order valence-electron chi connectivity index (χ1n) is 20.5. The second-order valence-electron chi connectivity index (χ2n) is 15.5. The Morgan fingerprint density at radius 3 is 0.864 bits per heavy atom. The molecule has 0 N–H and O–H groups in total. The molecule has 2 nitrogen and oxygen atoms in total. The van der Waals surface area contributed by atoms with Crippen LogP contribution in [0.15, 0.2) is 200 Å². The molecule has 0 atom stereocenters. The van der Waals surface area contributed by atoms with E-state index in [0.29, 0.717) is 0 Å². The lowest BCUT2D eigenvalue weighted by Crippen LogP contribution is -2.09. The van der Waals surface area contributed by atoms with Gasteiger partial charge in [0.1, 0.15) is 0 Å². The third-order valence-electron chi connectivity index (χ3n) is 10.8. The van der Waals surface area contributed by atoms with Crippen LogP contribution in [0.2, 0.25) is 0 Å². The van der Waals surface area contributed by atoms with Gasteiger partial charge in [0.2, 0.25) is 0 Å². The first kappa shape index (κ1) is 38.7. The number of hydrogen-bond donors (Lipinski definition) is 0. The van der Waals surface area contributed by atoms with Crippen molar-refractivity contribution in [3.8, 4) is 11.1 Å². The Morgan fingerprint density at radius 2 is 0.542 bits per heavy atom. The maximum atomic E-state index is 2.31. The van der Waals surface area contributed by atoms with Crippen molar-refractivity contribution in [2.45, 2.75) is 34.1 Å². The van der Waals surface area contributed by atoms with Crippen molar-refractivity contribution in [3.63, 3.8) is 0 Å². The minimum absolute atomic E-state index is 0.877. The molecule has 0 aliphatic rings. The van der Waals surface area contributed by atoms with Crippen LogP contribution in [0, 0.1) is 27.7 Å². The van der Waals surface area contributed by atoms with E-state index in [-0.39, 0.29) is 0 Å². The van der Waals surface area contributed by atoms with Crippen LogP contribution in [0.3, 0.4) is 0 Å². The zero-order valence-corrected chi connectivity index (χ0v) is 34.4. The Morgan fingerprint density at radius 1 is 0.288 bits per heavy atom. The van der Waals surface area contributed by atoms with Gasteiger partial charge in [0.05, 0.1) is 0 Å². The number of nitrogens with zero attached hydrogens (tertiary/aromatic N) is 2. The first-order chi connectivity index (χ1) is 28.8. The van der Waals surface area contributed by atoms with Gasteiger partial charge in [-0.05, 0) is 140 Å². The number of aryl methyl sites for hydroxylation is 4. The molecular weight excluding hydrogens is 713 g/mol. The van der Waals surface area contributed by atoms with Gasteiger partial charge in [-0.1, -0.05) is 168 Å². The molecule has 0 saturated carbocycles. The van der Waals surface area contributed by atoms with Crippen LogP contribution in [0.25, 0.3) is 29.4 Å². The largest absolute Gasteiger partial charge is 0.311 e. The number of rotatable bonds is 12. The quantitative estimate of drug-likeness (QED) is 0.114. The Kier molecular flexibility index (Phi) is 11.8. The Hall–Kier alpha value is -7.16. The van der Waals surface area contributed by atoms with Crippen LogP contribution in [-0.2, 0) is 6.42 Å². The summed E-state index contributed by atoms with van der Waals surface area (Å²) in [6.45, 7) is 8.51. The highest BCUT2D eigenvalue weighted by molar-refractivity contribution is 5.80. The summed E-state index contributed by atoms with van der Waals surface area (Å²) in [5.74, 6) is 0. The van der Waals surface area contributed by atoms with Crippen molar-refractivity contribution < 1.29 is 0 Å². The summed E-state index contributed by atoms with van der Waals surface area (Å²) in [4.78, 5) is 4.62. The van der Waals surface area contributed by atoms with Crippen molar-refractivity contribution in [1.82, 2.24) is 0 Å². The van der Waals surface area contributed by atoms with E-state index in [1.807, 2.05) is 0 Å². The molecule has 8 rings (SSSR count). The minimum Gasteiger partial charge on any atom is -0.311 e. The SMILES string of the molecule is Cc1ccc(N(c2ccc(C)cc2)c2ccc(C=CCc3ccc(-c4ccc(C=Cc5ccc(N(c6ccc(C)cc6)c6ccc(C)cc6)cc5)cc4)cc3)cc2)cc1. The van der Waals surface area contributed by atoms with E-state index in [1.165, 1.54) is 50.1 Å². The fourth-order valence-corrected chi connectivity index (χ4v) is 7.28. The highest BCUT2D eigenvalue weighted by Gasteiger charge is 2.13. The van der Waals surface area contributed by atoms with E-state index >= 15 is 0 Å². The number of anilines is 6. The average Bonchev–Trinajstić information content (AvgIpc) is 3.27. The van der Waals surface area contributed by atoms with Crippen molar-refractivity contribution >= 4 is 52.4 Å². The minimum atomic E-state index is 0.877. The van der Waals surface area contributed by atoms with Crippen LogP contribution in [0.1, 0.15) is 44.5 Å². The fraction of sp³-hybridized carbons (Fsp3) is 0.0877. The molecule has 288 valence electrons. The average molecular weight is 763 g/mol. The van der Waals surface area contributed by atoms with Crippen LogP contribution < -0.4 is 9.80 Å². The maximum absolute atomic E-state index is 2.31. The zero-order chi connectivity index (χ0) is 40.6.